The van der Waals surface area contributed by atoms with Crippen molar-refractivity contribution in [1.29, 1.82) is 0 Å². The fourth-order valence-corrected chi connectivity index (χ4v) is 8.21. The lowest BCUT2D eigenvalue weighted by Crippen LogP contribution is -2.49. The van der Waals surface area contributed by atoms with E-state index in [1.54, 1.807) is 84.0 Å². The van der Waals surface area contributed by atoms with Crippen LogP contribution in [0.3, 0.4) is 0 Å². The van der Waals surface area contributed by atoms with Crippen LogP contribution in [0.15, 0.2) is 103 Å². The fourth-order valence-electron chi connectivity index (χ4n) is 8.21. The first-order chi connectivity index (χ1) is 31.3. The van der Waals surface area contributed by atoms with E-state index in [0.29, 0.717) is 54.7 Å². The molecule has 7 rings (SSSR count). The quantitative estimate of drug-likeness (QED) is 0.0874. The number of fused-ring (bicyclic) bond motifs is 1. The predicted molar refractivity (Wildman–Crippen MR) is 248 cm³/mol. The Balaban J connectivity index is 0.991. The second-order valence-corrected chi connectivity index (χ2v) is 18.5. The third kappa shape index (κ3) is 11.5. The van der Waals surface area contributed by atoms with Gasteiger partial charge in [-0.05, 0) is 132 Å². The Morgan fingerprint density at radius 3 is 1.62 bits per heavy atom. The molecule has 3 heterocycles. The third-order valence-corrected chi connectivity index (χ3v) is 11.2. The van der Waals surface area contributed by atoms with Crippen LogP contribution in [-0.4, -0.2) is 87.0 Å². The molecular formula is C50H56FN7O8. The third-order valence-electron chi connectivity index (χ3n) is 11.2. The van der Waals surface area contributed by atoms with Gasteiger partial charge in [0.2, 0.25) is 11.8 Å². The van der Waals surface area contributed by atoms with Gasteiger partial charge in [-0.1, -0.05) is 54.6 Å². The maximum Gasteiger partial charge on any atom is 0.408 e. The highest BCUT2D eigenvalue weighted by molar-refractivity contribution is 6.01. The van der Waals surface area contributed by atoms with E-state index < -0.39 is 65.2 Å². The molecule has 0 unspecified atom stereocenters. The minimum Gasteiger partial charge on any atom is -0.444 e. The summed E-state index contributed by atoms with van der Waals surface area (Å²) in [6, 6.07) is 24.9. The standard InChI is InChI=1S/C50H56FN7O8/c1-49(2,3)65-47(63)55-41(31-12-8-7-9-13-31)45(61)58-27-11-15-40(58)44(60)53-36-24-25-37-33(28-36)29-38(54-37)30-18-22-35(23-19-30)52-43(59)39-14-10-26-57(39)46(62)42(32-16-20-34(51)21-17-32)56-48(64)66-50(4,5)6/h7-9,12-13,16-25,28-29,39-42,54H,10-11,14-15,26-27H2,1-6H3,(H,52,59)(H,53,60)(H,55,63)(H,56,64)/t39-,40-,41+,42+/m0/s1. The highest BCUT2D eigenvalue weighted by Gasteiger charge is 2.40. The zero-order valence-corrected chi connectivity index (χ0v) is 37.9. The largest absolute Gasteiger partial charge is 0.444 e. The van der Waals surface area contributed by atoms with Gasteiger partial charge < -0.3 is 45.5 Å². The van der Waals surface area contributed by atoms with E-state index in [1.807, 2.05) is 36.4 Å². The van der Waals surface area contributed by atoms with E-state index in [-0.39, 0.29) is 18.4 Å². The number of aromatic nitrogens is 1. The van der Waals surface area contributed by atoms with E-state index in [0.717, 1.165) is 22.2 Å². The molecular weight excluding hydrogens is 846 g/mol. The molecule has 2 aliphatic heterocycles. The number of carbonyl (C=O) groups excluding carboxylic acids is 6. The first kappa shape index (κ1) is 46.8. The Hall–Kier alpha value is -7.23. The van der Waals surface area contributed by atoms with Crippen molar-refractivity contribution in [3.8, 4) is 11.3 Å². The van der Waals surface area contributed by atoms with Crippen LogP contribution in [0.25, 0.3) is 22.2 Å². The summed E-state index contributed by atoms with van der Waals surface area (Å²) in [6.45, 7) is 11.0. The number of hydrogen-bond donors (Lipinski definition) is 5. The fraction of sp³-hybridized carbons (Fsp3) is 0.360. The van der Waals surface area contributed by atoms with Crippen LogP contribution < -0.4 is 21.3 Å². The molecule has 66 heavy (non-hydrogen) atoms. The van der Waals surface area contributed by atoms with E-state index in [1.165, 1.54) is 34.1 Å². The number of benzene rings is 4. The summed E-state index contributed by atoms with van der Waals surface area (Å²) in [4.78, 5) is 87.5. The van der Waals surface area contributed by atoms with Crippen LogP contribution in [0.1, 0.15) is 90.4 Å². The minimum atomic E-state index is -1.21. The van der Waals surface area contributed by atoms with Crippen molar-refractivity contribution in [1.82, 2.24) is 25.4 Å². The number of alkyl carbamates (subject to hydrolysis) is 2. The molecule has 346 valence electrons. The van der Waals surface area contributed by atoms with Gasteiger partial charge in [0.05, 0.1) is 0 Å². The number of aromatic amines is 1. The molecule has 0 bridgehead atoms. The maximum atomic E-state index is 14.0. The molecule has 5 N–H and O–H groups in total. The van der Waals surface area contributed by atoms with Crippen LogP contribution >= 0.6 is 0 Å². The van der Waals surface area contributed by atoms with Crippen LogP contribution in [0.2, 0.25) is 0 Å². The summed E-state index contributed by atoms with van der Waals surface area (Å²) in [7, 11) is 0. The summed E-state index contributed by atoms with van der Waals surface area (Å²) in [5.41, 5.74) is 2.83. The van der Waals surface area contributed by atoms with Gasteiger partial charge in [0, 0.05) is 41.1 Å². The SMILES string of the molecule is CC(C)(C)OC(=O)N[C@@H](C(=O)N1CCC[C@H]1C(=O)Nc1ccc(-c2cc3cc(NC(=O)[C@@H]4CCCN4C(=O)[C@H](NC(=O)OC(C)(C)C)c4ccccc4)ccc3[nH]2)cc1)c1ccc(F)cc1. The molecule has 1 aromatic heterocycles. The molecule has 15 nitrogen and oxygen atoms in total. The number of rotatable bonds is 11. The summed E-state index contributed by atoms with van der Waals surface area (Å²) in [5, 5.41) is 12.1. The summed E-state index contributed by atoms with van der Waals surface area (Å²) < 4.78 is 24.7. The van der Waals surface area contributed by atoms with E-state index in [9.17, 15) is 33.2 Å². The Kier molecular flexibility index (Phi) is 13.8. The number of carbonyl (C=O) groups is 6. The van der Waals surface area contributed by atoms with Gasteiger partial charge >= 0.3 is 12.2 Å². The van der Waals surface area contributed by atoms with Gasteiger partial charge in [0.25, 0.3) is 11.8 Å². The van der Waals surface area contributed by atoms with Gasteiger partial charge in [-0.2, -0.15) is 0 Å². The molecule has 0 saturated carbocycles. The van der Waals surface area contributed by atoms with Crippen LogP contribution in [-0.2, 0) is 28.7 Å². The molecule has 0 aliphatic carbocycles. The van der Waals surface area contributed by atoms with Gasteiger partial charge in [-0.25, -0.2) is 14.0 Å². The Labute approximate surface area is 382 Å². The Morgan fingerprint density at radius 2 is 1.11 bits per heavy atom. The molecule has 16 heteroatoms. The second-order valence-electron chi connectivity index (χ2n) is 18.5. The van der Waals surface area contributed by atoms with Crippen molar-refractivity contribution in [2.45, 2.75) is 103 Å². The summed E-state index contributed by atoms with van der Waals surface area (Å²) in [6.07, 6.45) is 0.502. The van der Waals surface area contributed by atoms with Gasteiger partial charge in [0.15, 0.2) is 0 Å². The number of nitrogens with zero attached hydrogens (tertiary/aromatic N) is 2. The van der Waals surface area contributed by atoms with E-state index in [2.05, 4.69) is 26.3 Å². The molecule has 5 aromatic rings. The lowest BCUT2D eigenvalue weighted by Gasteiger charge is -2.29. The minimum absolute atomic E-state index is 0.290. The maximum absolute atomic E-state index is 14.0. The first-order valence-electron chi connectivity index (χ1n) is 22.1. The van der Waals surface area contributed by atoms with E-state index in [4.69, 9.17) is 9.47 Å². The van der Waals surface area contributed by atoms with Crippen molar-refractivity contribution in [3.05, 3.63) is 120 Å². The Morgan fingerprint density at radius 1 is 0.621 bits per heavy atom. The number of hydrogen-bond acceptors (Lipinski definition) is 8. The summed E-state index contributed by atoms with van der Waals surface area (Å²) >= 11 is 0. The van der Waals surface area contributed by atoms with E-state index >= 15 is 0 Å². The molecule has 0 radical (unpaired) electrons. The van der Waals surface area contributed by atoms with Crippen LogP contribution in [0.5, 0.6) is 0 Å². The average molecular weight is 902 g/mol. The number of likely N-dealkylation sites (tertiary alicyclic amines) is 2. The number of amides is 6. The molecule has 2 saturated heterocycles. The number of H-pyrrole nitrogens is 1. The number of halogens is 1. The highest BCUT2D eigenvalue weighted by Crippen LogP contribution is 2.31. The topological polar surface area (TPSA) is 191 Å². The number of ether oxygens (including phenoxy) is 2. The second kappa shape index (κ2) is 19.5. The van der Waals surface area contributed by atoms with Crippen molar-refractivity contribution in [3.63, 3.8) is 0 Å². The smallest absolute Gasteiger partial charge is 0.408 e. The lowest BCUT2D eigenvalue weighted by molar-refractivity contribution is -0.138. The molecule has 6 amide bonds. The zero-order valence-electron chi connectivity index (χ0n) is 37.9. The summed E-state index contributed by atoms with van der Waals surface area (Å²) in [5.74, 6) is -2.14. The monoisotopic (exact) mass is 901 g/mol. The number of nitrogens with one attached hydrogen (secondary N) is 5. The molecule has 4 atom stereocenters. The van der Waals surface area contributed by atoms with Crippen molar-refractivity contribution < 1.29 is 42.6 Å². The van der Waals surface area contributed by atoms with Gasteiger partial charge in [0.1, 0.15) is 41.2 Å². The molecule has 2 fully saturated rings. The van der Waals surface area contributed by atoms with Crippen LogP contribution in [0, 0.1) is 5.82 Å². The van der Waals surface area contributed by atoms with Gasteiger partial charge in [-0.15, -0.1) is 0 Å². The normalized spacial score (nSPS) is 17.1. The van der Waals surface area contributed by atoms with Crippen molar-refractivity contribution in [2.75, 3.05) is 23.7 Å². The first-order valence-corrected chi connectivity index (χ1v) is 22.1. The highest BCUT2D eigenvalue weighted by atomic mass is 19.1. The van der Waals surface area contributed by atoms with Gasteiger partial charge in [-0.3, -0.25) is 19.2 Å². The molecule has 0 spiro atoms. The number of anilines is 2. The average Bonchev–Trinajstić information content (AvgIpc) is 4.05. The molecule has 4 aromatic carbocycles. The Bertz CT molecular complexity index is 2590. The van der Waals surface area contributed by atoms with Crippen molar-refractivity contribution >= 4 is 58.1 Å². The van der Waals surface area contributed by atoms with Crippen LogP contribution in [0.4, 0.5) is 25.4 Å². The lowest BCUT2D eigenvalue weighted by atomic mass is 10.0. The molecule has 2 aliphatic rings. The van der Waals surface area contributed by atoms with Crippen molar-refractivity contribution in [2.24, 2.45) is 0 Å². The predicted octanol–water partition coefficient (Wildman–Crippen LogP) is 8.37. The zero-order chi connectivity index (χ0) is 47.3.